The number of hydrogen-bond donors (Lipinski definition) is 1. The van der Waals surface area contributed by atoms with E-state index in [2.05, 4.69) is 86.0 Å². The first-order valence-electron chi connectivity index (χ1n) is 12.6. The van der Waals surface area contributed by atoms with E-state index in [1.807, 2.05) is 4.90 Å². The maximum atomic E-state index is 13.0. The summed E-state index contributed by atoms with van der Waals surface area (Å²) in [5.74, 6) is 0. The molecule has 35 heavy (non-hydrogen) atoms. The monoisotopic (exact) mass is 489 g/mol. The first kappa shape index (κ1) is 25.3. The van der Waals surface area contributed by atoms with Gasteiger partial charge in [0.2, 0.25) is 0 Å². The molecule has 0 atom stereocenters. The van der Waals surface area contributed by atoms with Crippen molar-refractivity contribution in [2.75, 3.05) is 32.0 Å². The second kappa shape index (κ2) is 10.8. The molecule has 0 aliphatic carbocycles. The Labute approximate surface area is 216 Å². The van der Waals surface area contributed by atoms with Crippen molar-refractivity contribution < 1.29 is 21.7 Å². The van der Waals surface area contributed by atoms with Crippen molar-refractivity contribution >= 4 is 11.7 Å². The SMILES string of the molecule is Cc1ccc(-c2ccc3c(c2)CN(C(=O)Nc2ccc(C[N+]4(C)CCCCC4)cc2)CC3)cc1.[Cl-]. The highest BCUT2D eigenvalue weighted by molar-refractivity contribution is 5.89. The Hall–Kier alpha value is -2.82. The summed E-state index contributed by atoms with van der Waals surface area (Å²) in [5.41, 5.74) is 8.50. The van der Waals surface area contributed by atoms with Gasteiger partial charge in [-0.05, 0) is 73.1 Å². The number of rotatable bonds is 4. The van der Waals surface area contributed by atoms with Crippen LogP contribution in [0, 0.1) is 6.92 Å². The van der Waals surface area contributed by atoms with Crippen LogP contribution < -0.4 is 17.7 Å². The van der Waals surface area contributed by atoms with Crippen LogP contribution in [0.1, 0.15) is 41.5 Å². The smallest absolute Gasteiger partial charge is 0.322 e. The molecule has 5 heteroatoms. The summed E-state index contributed by atoms with van der Waals surface area (Å²) in [6, 6.07) is 23.7. The molecule has 184 valence electrons. The number of carbonyl (C=O) groups is 1. The lowest BCUT2D eigenvalue weighted by atomic mass is 9.94. The summed E-state index contributed by atoms with van der Waals surface area (Å²) < 4.78 is 1.13. The molecule has 4 nitrogen and oxygen atoms in total. The molecule has 1 N–H and O–H groups in total. The fourth-order valence-electron chi connectivity index (χ4n) is 5.43. The van der Waals surface area contributed by atoms with Crippen LogP contribution in [0.4, 0.5) is 10.5 Å². The predicted octanol–water partition coefficient (Wildman–Crippen LogP) is 3.39. The van der Waals surface area contributed by atoms with Gasteiger partial charge in [-0.15, -0.1) is 0 Å². The van der Waals surface area contributed by atoms with E-state index < -0.39 is 0 Å². The van der Waals surface area contributed by atoms with Crippen molar-refractivity contribution in [1.82, 2.24) is 4.90 Å². The lowest BCUT2D eigenvalue weighted by Gasteiger charge is -2.37. The van der Waals surface area contributed by atoms with E-state index >= 15 is 0 Å². The molecule has 2 amide bonds. The number of quaternary nitrogens is 1. The predicted molar refractivity (Wildman–Crippen MR) is 140 cm³/mol. The molecule has 3 aromatic carbocycles. The zero-order valence-electron chi connectivity index (χ0n) is 20.9. The van der Waals surface area contributed by atoms with Crippen LogP contribution in [-0.4, -0.2) is 42.1 Å². The molecule has 0 saturated carbocycles. The van der Waals surface area contributed by atoms with Crippen molar-refractivity contribution in [3.63, 3.8) is 0 Å². The number of fused-ring (bicyclic) bond motifs is 1. The zero-order chi connectivity index (χ0) is 23.5. The van der Waals surface area contributed by atoms with E-state index in [1.54, 1.807) is 0 Å². The Morgan fingerprint density at radius 1 is 0.886 bits per heavy atom. The van der Waals surface area contributed by atoms with Crippen LogP contribution in [0.3, 0.4) is 0 Å². The number of benzene rings is 3. The highest BCUT2D eigenvalue weighted by Crippen LogP contribution is 2.27. The number of nitrogens with zero attached hydrogens (tertiary/aromatic N) is 2. The maximum absolute atomic E-state index is 13.0. The molecular formula is C30H36ClN3O. The highest BCUT2D eigenvalue weighted by Gasteiger charge is 2.25. The Kier molecular flexibility index (Phi) is 7.83. The summed E-state index contributed by atoms with van der Waals surface area (Å²) >= 11 is 0. The third-order valence-electron chi connectivity index (χ3n) is 7.56. The van der Waals surface area contributed by atoms with Gasteiger partial charge in [0.05, 0.1) is 20.1 Å². The van der Waals surface area contributed by atoms with E-state index in [1.165, 1.54) is 65.7 Å². The minimum Gasteiger partial charge on any atom is -1.00 e. The number of likely N-dealkylation sites (tertiary alicyclic amines) is 1. The minimum atomic E-state index is -0.0193. The van der Waals surface area contributed by atoms with Crippen LogP contribution in [0.5, 0.6) is 0 Å². The number of aryl methyl sites for hydroxylation is 1. The lowest BCUT2D eigenvalue weighted by molar-refractivity contribution is -0.926. The molecule has 1 fully saturated rings. The van der Waals surface area contributed by atoms with Crippen molar-refractivity contribution in [3.05, 3.63) is 89.0 Å². The van der Waals surface area contributed by atoms with Gasteiger partial charge in [-0.25, -0.2) is 4.79 Å². The molecule has 0 spiro atoms. The number of urea groups is 1. The first-order valence-corrected chi connectivity index (χ1v) is 12.6. The fraction of sp³-hybridized carbons (Fsp3) is 0.367. The van der Waals surface area contributed by atoms with Crippen LogP contribution in [0.15, 0.2) is 66.7 Å². The third-order valence-corrected chi connectivity index (χ3v) is 7.56. The Balaban J connectivity index is 0.00000289. The first-order chi connectivity index (χ1) is 16.5. The Morgan fingerprint density at radius 3 is 2.29 bits per heavy atom. The van der Waals surface area contributed by atoms with Gasteiger partial charge in [0.15, 0.2) is 0 Å². The van der Waals surface area contributed by atoms with Crippen molar-refractivity contribution in [2.45, 2.75) is 45.7 Å². The molecule has 5 rings (SSSR count). The van der Waals surface area contributed by atoms with Crippen molar-refractivity contribution in [1.29, 1.82) is 0 Å². The molecule has 3 aromatic rings. The second-order valence-electron chi connectivity index (χ2n) is 10.4. The van der Waals surface area contributed by atoms with Crippen LogP contribution >= 0.6 is 0 Å². The number of hydrogen-bond acceptors (Lipinski definition) is 1. The number of nitrogens with one attached hydrogen (secondary N) is 1. The average Bonchev–Trinajstić information content (AvgIpc) is 2.85. The quantitative estimate of drug-likeness (QED) is 0.560. The van der Waals surface area contributed by atoms with Gasteiger partial charge in [-0.2, -0.15) is 0 Å². The highest BCUT2D eigenvalue weighted by atomic mass is 35.5. The van der Waals surface area contributed by atoms with E-state index in [0.717, 1.165) is 29.7 Å². The summed E-state index contributed by atoms with van der Waals surface area (Å²) in [6.45, 7) is 7.10. The van der Waals surface area contributed by atoms with Crippen LogP contribution in [0.25, 0.3) is 11.1 Å². The molecule has 0 unspecified atom stereocenters. The summed E-state index contributed by atoms with van der Waals surface area (Å²) in [4.78, 5) is 15.0. The Morgan fingerprint density at radius 2 is 1.57 bits per heavy atom. The molecule has 2 heterocycles. The number of anilines is 1. The number of piperidine rings is 1. The Bertz CT molecular complexity index is 1150. The fourth-order valence-corrected chi connectivity index (χ4v) is 5.43. The van der Waals surface area contributed by atoms with Crippen molar-refractivity contribution in [3.8, 4) is 11.1 Å². The van der Waals surface area contributed by atoms with Gasteiger partial charge in [0, 0.05) is 24.3 Å². The standard InChI is InChI=1S/C30H35N3O.ClH/c1-23-6-10-25(11-7-23)27-13-12-26-16-17-32(21-28(26)20-27)30(34)31-29-14-8-24(9-15-29)22-33(2)18-4-3-5-19-33;/h6-15,20H,3-5,16-19,21-22H2,1-2H3;1H. The third kappa shape index (κ3) is 6.06. The normalized spacial score (nSPS) is 16.7. The maximum Gasteiger partial charge on any atom is 0.322 e. The number of amides is 2. The van der Waals surface area contributed by atoms with Gasteiger partial charge in [-0.1, -0.05) is 54.1 Å². The van der Waals surface area contributed by atoms with E-state index in [9.17, 15) is 4.79 Å². The van der Waals surface area contributed by atoms with Crippen molar-refractivity contribution in [2.24, 2.45) is 0 Å². The van der Waals surface area contributed by atoms with Gasteiger partial charge in [-0.3, -0.25) is 0 Å². The topological polar surface area (TPSA) is 32.3 Å². The summed E-state index contributed by atoms with van der Waals surface area (Å²) in [6.07, 6.45) is 4.92. The van der Waals surface area contributed by atoms with Crippen LogP contribution in [0.2, 0.25) is 0 Å². The molecule has 1 saturated heterocycles. The largest absolute Gasteiger partial charge is 1.00 e. The van der Waals surface area contributed by atoms with E-state index in [4.69, 9.17) is 0 Å². The number of halogens is 1. The molecule has 0 aromatic heterocycles. The number of carbonyl (C=O) groups excluding carboxylic acids is 1. The van der Waals surface area contributed by atoms with E-state index in [-0.39, 0.29) is 18.4 Å². The summed E-state index contributed by atoms with van der Waals surface area (Å²) in [7, 11) is 2.37. The summed E-state index contributed by atoms with van der Waals surface area (Å²) in [5, 5.41) is 3.12. The second-order valence-corrected chi connectivity index (χ2v) is 10.4. The van der Waals surface area contributed by atoms with E-state index in [0.29, 0.717) is 6.54 Å². The van der Waals surface area contributed by atoms with Crippen LogP contribution in [-0.2, 0) is 19.5 Å². The molecule has 0 radical (unpaired) electrons. The van der Waals surface area contributed by atoms with Gasteiger partial charge >= 0.3 is 6.03 Å². The molecule has 0 bridgehead atoms. The van der Waals surface area contributed by atoms with Gasteiger partial charge in [0.25, 0.3) is 0 Å². The van der Waals surface area contributed by atoms with Gasteiger partial charge in [0.1, 0.15) is 6.54 Å². The minimum absolute atomic E-state index is 0. The molecule has 2 aliphatic heterocycles. The van der Waals surface area contributed by atoms with Gasteiger partial charge < -0.3 is 27.1 Å². The lowest BCUT2D eigenvalue weighted by Crippen LogP contribution is -3.00. The molecular weight excluding hydrogens is 454 g/mol. The zero-order valence-corrected chi connectivity index (χ0v) is 21.7. The average molecular weight is 490 g/mol. The molecule has 2 aliphatic rings.